The number of carbonyl (C=O) groups is 4. The molecule has 1 aromatic heterocycles. The van der Waals surface area contributed by atoms with Gasteiger partial charge in [0.15, 0.2) is 0 Å². The molecule has 0 spiro atoms. The Labute approximate surface area is 223 Å². The quantitative estimate of drug-likeness (QED) is 0.437. The van der Waals surface area contributed by atoms with Gasteiger partial charge in [-0.2, -0.15) is 0 Å². The van der Waals surface area contributed by atoms with E-state index in [0.717, 1.165) is 12.1 Å². The smallest absolute Gasteiger partial charge is 0.414 e. The van der Waals surface area contributed by atoms with Crippen molar-refractivity contribution in [2.24, 2.45) is 0 Å². The van der Waals surface area contributed by atoms with Crippen LogP contribution in [-0.2, 0) is 14.3 Å². The molecule has 4 rings (SSSR count). The molecule has 2 aliphatic rings. The minimum absolute atomic E-state index is 0.0194. The number of amides is 4. The first-order valence-corrected chi connectivity index (χ1v) is 13.0. The second-order valence-electron chi connectivity index (χ2n) is 8.75. The lowest BCUT2D eigenvalue weighted by atomic mass is 10.2. The van der Waals surface area contributed by atoms with Crippen molar-refractivity contribution in [3.8, 4) is 0 Å². The van der Waals surface area contributed by atoms with E-state index in [1.807, 2.05) is 6.07 Å². The predicted octanol–water partition coefficient (Wildman–Crippen LogP) is 3.39. The van der Waals surface area contributed by atoms with Gasteiger partial charge in [-0.05, 0) is 49.8 Å². The molecule has 10 nitrogen and oxygen atoms in total. The molecule has 0 radical (unpaired) electrons. The first-order valence-electron chi connectivity index (χ1n) is 11.8. The number of cyclic esters (lactones) is 1. The number of halogens is 1. The van der Waals surface area contributed by atoms with E-state index in [-0.39, 0.29) is 36.9 Å². The molecule has 2 fully saturated rings. The Kier molecular flexibility index (Phi) is 8.34. The molecule has 2 unspecified atom stereocenters. The van der Waals surface area contributed by atoms with E-state index >= 15 is 0 Å². The van der Waals surface area contributed by atoms with Gasteiger partial charge in [0.05, 0.1) is 33.7 Å². The van der Waals surface area contributed by atoms with Gasteiger partial charge >= 0.3 is 6.09 Å². The van der Waals surface area contributed by atoms with Crippen LogP contribution in [0.25, 0.3) is 0 Å². The van der Waals surface area contributed by atoms with Gasteiger partial charge in [0.25, 0.3) is 5.91 Å². The molecule has 37 heavy (non-hydrogen) atoms. The third kappa shape index (κ3) is 6.60. The van der Waals surface area contributed by atoms with E-state index in [0.29, 0.717) is 33.7 Å². The van der Waals surface area contributed by atoms with Crippen molar-refractivity contribution in [1.82, 2.24) is 10.6 Å². The molecule has 3 N–H and O–H groups in total. The Bertz CT molecular complexity index is 1230. The van der Waals surface area contributed by atoms with Gasteiger partial charge in [-0.25, -0.2) is 4.79 Å². The van der Waals surface area contributed by atoms with Gasteiger partial charge in [-0.3, -0.25) is 19.3 Å². The molecule has 2 aromatic rings. The highest BCUT2D eigenvalue weighted by atomic mass is 35.5. The van der Waals surface area contributed by atoms with Gasteiger partial charge in [0.1, 0.15) is 6.10 Å². The monoisotopic (exact) mass is 545 g/mol. The van der Waals surface area contributed by atoms with Crippen molar-refractivity contribution in [3.63, 3.8) is 0 Å². The molecular weight excluding hydrogens is 518 g/mol. The normalized spacial score (nSPS) is 19.3. The summed E-state index contributed by atoms with van der Waals surface area (Å²) in [5.41, 5.74) is 1.89. The van der Waals surface area contributed by atoms with Crippen LogP contribution in [0.2, 0.25) is 4.34 Å². The molecule has 0 saturated carbocycles. The first kappa shape index (κ1) is 26.5. The molecule has 2 aliphatic heterocycles. The van der Waals surface area contributed by atoms with E-state index in [1.165, 1.54) is 29.2 Å². The second kappa shape index (κ2) is 11.7. The zero-order chi connectivity index (χ0) is 26.5. The van der Waals surface area contributed by atoms with Gasteiger partial charge in [-0.15, -0.1) is 11.3 Å². The predicted molar refractivity (Wildman–Crippen MR) is 144 cm³/mol. The molecule has 2 atom stereocenters. The maximum atomic E-state index is 12.7. The summed E-state index contributed by atoms with van der Waals surface area (Å²) in [5.74, 6) is -0.661. The number of anilines is 3. The molecule has 4 amide bonds. The van der Waals surface area contributed by atoms with E-state index in [1.54, 1.807) is 37.3 Å². The summed E-state index contributed by atoms with van der Waals surface area (Å²) in [6.07, 6.45) is 2.77. The number of carbonyl (C=O) groups excluding carboxylic acids is 4. The van der Waals surface area contributed by atoms with Crippen molar-refractivity contribution in [2.75, 3.05) is 41.3 Å². The highest BCUT2D eigenvalue weighted by Gasteiger charge is 2.33. The number of nitrogens with one attached hydrogen (secondary N) is 3. The Morgan fingerprint density at radius 3 is 2.73 bits per heavy atom. The summed E-state index contributed by atoms with van der Waals surface area (Å²) >= 11 is 7.06. The van der Waals surface area contributed by atoms with Crippen LogP contribution in [0.1, 0.15) is 29.9 Å². The van der Waals surface area contributed by atoms with Crippen molar-refractivity contribution in [1.29, 1.82) is 0 Å². The number of hydrogen-bond acceptors (Lipinski definition) is 7. The summed E-state index contributed by atoms with van der Waals surface area (Å²) < 4.78 is 5.98. The number of benzene rings is 1. The summed E-state index contributed by atoms with van der Waals surface area (Å²) in [7, 11) is 0. The fourth-order valence-electron chi connectivity index (χ4n) is 4.35. The van der Waals surface area contributed by atoms with Crippen LogP contribution in [0.4, 0.5) is 21.9 Å². The van der Waals surface area contributed by atoms with Crippen molar-refractivity contribution >= 4 is 63.8 Å². The number of hydrogen-bond donors (Lipinski definition) is 3. The van der Waals surface area contributed by atoms with Gasteiger partial charge < -0.3 is 25.6 Å². The SMILES string of the molecule is CC=CC(=O)Nc1cc(N2CC(CNC(=O)c3ccc(Cl)s3)OC2=O)ccc1N1CCC(NC(C)=O)C1. The van der Waals surface area contributed by atoms with E-state index in [4.69, 9.17) is 16.3 Å². The Hall–Kier alpha value is -3.57. The first-order chi connectivity index (χ1) is 17.7. The Balaban J connectivity index is 1.47. The zero-order valence-corrected chi connectivity index (χ0v) is 22.0. The lowest BCUT2D eigenvalue weighted by Crippen LogP contribution is -2.35. The van der Waals surface area contributed by atoms with Gasteiger partial charge in [0.2, 0.25) is 11.8 Å². The molecular formula is C25H28ClN5O5S. The Morgan fingerprint density at radius 2 is 2.03 bits per heavy atom. The fourth-order valence-corrected chi connectivity index (χ4v) is 5.31. The van der Waals surface area contributed by atoms with Crippen LogP contribution in [-0.4, -0.2) is 62.1 Å². The summed E-state index contributed by atoms with van der Waals surface area (Å²) in [6, 6.07) is 8.68. The van der Waals surface area contributed by atoms with E-state index < -0.39 is 12.2 Å². The standard InChI is InChI=1S/C25H28ClN5O5S/c1-3-4-23(33)29-19-11-17(5-6-20(19)30-10-9-16(13-30)28-15(2)32)31-14-18(36-25(31)35)12-27-24(34)21-7-8-22(26)37-21/h3-8,11,16,18H,9-10,12-14H2,1-2H3,(H,27,34)(H,28,32)(H,29,33). The van der Waals surface area contributed by atoms with E-state index in [9.17, 15) is 19.2 Å². The number of nitrogens with zero attached hydrogens (tertiary/aromatic N) is 2. The maximum absolute atomic E-state index is 12.7. The summed E-state index contributed by atoms with van der Waals surface area (Å²) in [6.45, 7) is 4.94. The summed E-state index contributed by atoms with van der Waals surface area (Å²) in [5, 5.41) is 8.60. The molecule has 3 heterocycles. The van der Waals surface area contributed by atoms with Crippen molar-refractivity contribution in [2.45, 2.75) is 32.4 Å². The minimum Gasteiger partial charge on any atom is -0.442 e. The lowest BCUT2D eigenvalue weighted by molar-refractivity contribution is -0.119. The maximum Gasteiger partial charge on any atom is 0.414 e. The van der Waals surface area contributed by atoms with Crippen LogP contribution in [0.5, 0.6) is 0 Å². The van der Waals surface area contributed by atoms with Crippen molar-refractivity contribution < 1.29 is 23.9 Å². The van der Waals surface area contributed by atoms with Crippen LogP contribution in [0.15, 0.2) is 42.5 Å². The number of rotatable bonds is 8. The molecule has 196 valence electrons. The second-order valence-corrected chi connectivity index (χ2v) is 10.5. The molecule has 0 bridgehead atoms. The van der Waals surface area contributed by atoms with Gasteiger partial charge in [0, 0.05) is 31.7 Å². The number of ether oxygens (including phenoxy) is 1. The fraction of sp³-hybridized carbons (Fsp3) is 0.360. The molecule has 2 saturated heterocycles. The minimum atomic E-state index is -0.538. The molecule has 12 heteroatoms. The Morgan fingerprint density at radius 1 is 1.22 bits per heavy atom. The topological polar surface area (TPSA) is 120 Å². The van der Waals surface area contributed by atoms with Crippen LogP contribution < -0.4 is 25.8 Å². The lowest BCUT2D eigenvalue weighted by Gasteiger charge is -2.24. The van der Waals surface area contributed by atoms with Crippen LogP contribution in [0, 0.1) is 0 Å². The largest absolute Gasteiger partial charge is 0.442 e. The highest BCUT2D eigenvalue weighted by Crippen LogP contribution is 2.34. The molecule has 1 aromatic carbocycles. The highest BCUT2D eigenvalue weighted by molar-refractivity contribution is 7.18. The molecule has 0 aliphatic carbocycles. The van der Waals surface area contributed by atoms with E-state index in [2.05, 4.69) is 20.9 Å². The summed E-state index contributed by atoms with van der Waals surface area (Å²) in [4.78, 5) is 52.8. The van der Waals surface area contributed by atoms with Crippen molar-refractivity contribution in [3.05, 3.63) is 51.7 Å². The van der Waals surface area contributed by atoms with Crippen LogP contribution >= 0.6 is 22.9 Å². The van der Waals surface area contributed by atoms with Crippen LogP contribution in [0.3, 0.4) is 0 Å². The van der Waals surface area contributed by atoms with Gasteiger partial charge in [-0.1, -0.05) is 17.7 Å². The average Bonchev–Trinajstić information content (AvgIpc) is 3.57. The third-order valence-corrected chi connectivity index (χ3v) is 7.20. The number of allylic oxidation sites excluding steroid dienone is 1. The average molecular weight is 546 g/mol. The zero-order valence-electron chi connectivity index (χ0n) is 20.5. The number of thiophene rings is 1. The third-order valence-electron chi connectivity index (χ3n) is 5.97.